The van der Waals surface area contributed by atoms with Crippen molar-refractivity contribution < 1.29 is 4.74 Å². The summed E-state index contributed by atoms with van der Waals surface area (Å²) in [6.07, 6.45) is 5.34. The lowest BCUT2D eigenvalue weighted by Gasteiger charge is -2.57. The van der Waals surface area contributed by atoms with E-state index in [0.29, 0.717) is 5.54 Å². The van der Waals surface area contributed by atoms with Crippen molar-refractivity contribution in [3.8, 4) is 0 Å². The molecular formula is C14H26N2O. The first kappa shape index (κ1) is 11.9. The van der Waals surface area contributed by atoms with Crippen molar-refractivity contribution in [3.05, 3.63) is 0 Å². The van der Waals surface area contributed by atoms with Crippen molar-refractivity contribution in [3.63, 3.8) is 0 Å². The molecular weight excluding hydrogens is 212 g/mol. The minimum atomic E-state index is 0.548. The molecule has 3 heteroatoms. The second-order valence-electron chi connectivity index (χ2n) is 6.36. The minimum absolute atomic E-state index is 0.548. The zero-order valence-electron chi connectivity index (χ0n) is 11.3. The van der Waals surface area contributed by atoms with Crippen LogP contribution in [0.15, 0.2) is 0 Å². The maximum absolute atomic E-state index is 5.50. The van der Waals surface area contributed by atoms with Crippen LogP contribution in [0.3, 0.4) is 0 Å². The summed E-state index contributed by atoms with van der Waals surface area (Å²) in [4.78, 5) is 5.46. The van der Waals surface area contributed by atoms with Gasteiger partial charge in [0.05, 0.1) is 0 Å². The Balaban J connectivity index is 1.64. The van der Waals surface area contributed by atoms with Gasteiger partial charge in [0, 0.05) is 43.9 Å². The Labute approximate surface area is 105 Å². The lowest BCUT2D eigenvalue weighted by atomic mass is 9.84. The normalized spacial score (nSPS) is 31.2. The maximum Gasteiger partial charge on any atom is 0.0480 e. The Morgan fingerprint density at radius 3 is 2.53 bits per heavy atom. The van der Waals surface area contributed by atoms with Gasteiger partial charge in [0.2, 0.25) is 0 Å². The van der Waals surface area contributed by atoms with Gasteiger partial charge in [-0.25, -0.2) is 0 Å². The largest absolute Gasteiger partial charge is 0.381 e. The third-order valence-corrected chi connectivity index (χ3v) is 5.01. The first-order valence-corrected chi connectivity index (χ1v) is 7.30. The molecule has 0 unspecified atom stereocenters. The van der Waals surface area contributed by atoms with Crippen molar-refractivity contribution >= 4 is 0 Å². The fraction of sp³-hybridized carbons (Fsp3) is 1.00. The summed E-state index contributed by atoms with van der Waals surface area (Å²) in [7, 11) is 0. The highest BCUT2D eigenvalue weighted by atomic mass is 16.5. The molecule has 3 aliphatic rings. The Morgan fingerprint density at radius 2 is 1.88 bits per heavy atom. The minimum Gasteiger partial charge on any atom is -0.381 e. The summed E-state index contributed by atoms with van der Waals surface area (Å²) in [5.74, 6) is 0. The molecule has 0 amide bonds. The zero-order valence-corrected chi connectivity index (χ0v) is 11.3. The average Bonchev–Trinajstić information content (AvgIpc) is 2.72. The molecule has 3 saturated heterocycles. The third kappa shape index (κ3) is 2.02. The van der Waals surface area contributed by atoms with Gasteiger partial charge in [0.25, 0.3) is 0 Å². The predicted molar refractivity (Wildman–Crippen MR) is 69.2 cm³/mol. The molecule has 0 atom stereocenters. The van der Waals surface area contributed by atoms with E-state index >= 15 is 0 Å². The van der Waals surface area contributed by atoms with E-state index in [1.54, 1.807) is 0 Å². The van der Waals surface area contributed by atoms with Gasteiger partial charge in [-0.15, -0.1) is 0 Å². The van der Waals surface area contributed by atoms with Crippen LogP contribution >= 0.6 is 0 Å². The highest BCUT2D eigenvalue weighted by Crippen LogP contribution is 2.41. The molecule has 0 bridgehead atoms. The SMILES string of the molecule is CC(C)N1CC2(CCCN2C2CCOCC2)C1. The van der Waals surface area contributed by atoms with E-state index in [1.165, 1.54) is 45.3 Å². The lowest BCUT2D eigenvalue weighted by Crippen LogP contribution is -2.70. The smallest absolute Gasteiger partial charge is 0.0480 e. The van der Waals surface area contributed by atoms with E-state index in [2.05, 4.69) is 23.6 Å². The first-order valence-electron chi connectivity index (χ1n) is 7.30. The molecule has 3 rings (SSSR count). The fourth-order valence-electron chi connectivity index (χ4n) is 3.94. The van der Waals surface area contributed by atoms with Crippen molar-refractivity contribution in [1.29, 1.82) is 0 Å². The highest BCUT2D eigenvalue weighted by molar-refractivity contribution is 5.09. The molecule has 17 heavy (non-hydrogen) atoms. The molecule has 3 heterocycles. The number of hydrogen-bond donors (Lipinski definition) is 0. The van der Waals surface area contributed by atoms with Crippen molar-refractivity contribution in [2.24, 2.45) is 0 Å². The number of nitrogens with zero attached hydrogens (tertiary/aromatic N) is 2. The van der Waals surface area contributed by atoms with Gasteiger partial charge in [0.1, 0.15) is 0 Å². The van der Waals surface area contributed by atoms with E-state index in [9.17, 15) is 0 Å². The Hall–Kier alpha value is -0.120. The van der Waals surface area contributed by atoms with Gasteiger partial charge < -0.3 is 4.74 Å². The van der Waals surface area contributed by atoms with Gasteiger partial charge >= 0.3 is 0 Å². The quantitative estimate of drug-likeness (QED) is 0.728. The van der Waals surface area contributed by atoms with Crippen LogP contribution in [0.25, 0.3) is 0 Å². The average molecular weight is 238 g/mol. The molecule has 0 N–H and O–H groups in total. The Morgan fingerprint density at radius 1 is 1.18 bits per heavy atom. The lowest BCUT2D eigenvalue weighted by molar-refractivity contribution is -0.0827. The van der Waals surface area contributed by atoms with Gasteiger partial charge in [0.15, 0.2) is 0 Å². The summed E-state index contributed by atoms with van der Waals surface area (Å²) in [5, 5.41) is 0. The predicted octanol–water partition coefficient (Wildman–Crippen LogP) is 1.72. The molecule has 0 aromatic carbocycles. The molecule has 0 aromatic rings. The molecule has 0 saturated carbocycles. The van der Waals surface area contributed by atoms with Gasteiger partial charge in [-0.2, -0.15) is 0 Å². The van der Waals surface area contributed by atoms with Crippen molar-refractivity contribution in [2.45, 2.75) is 57.2 Å². The van der Waals surface area contributed by atoms with E-state index in [0.717, 1.165) is 25.3 Å². The monoisotopic (exact) mass is 238 g/mol. The summed E-state index contributed by atoms with van der Waals surface area (Å²) >= 11 is 0. The second-order valence-corrected chi connectivity index (χ2v) is 6.36. The summed E-state index contributed by atoms with van der Waals surface area (Å²) in [6.45, 7) is 10.5. The van der Waals surface area contributed by atoms with Crippen molar-refractivity contribution in [1.82, 2.24) is 9.80 Å². The van der Waals surface area contributed by atoms with E-state index in [1.807, 2.05) is 0 Å². The summed E-state index contributed by atoms with van der Waals surface area (Å²) in [6, 6.07) is 1.53. The molecule has 3 fully saturated rings. The molecule has 1 spiro atoms. The fourth-order valence-corrected chi connectivity index (χ4v) is 3.94. The van der Waals surface area contributed by atoms with Crippen LogP contribution in [0.5, 0.6) is 0 Å². The standard InChI is InChI=1S/C14H26N2O/c1-12(2)15-10-14(11-15)6-3-7-16(14)13-4-8-17-9-5-13/h12-13H,3-11H2,1-2H3. The van der Waals surface area contributed by atoms with Gasteiger partial charge in [-0.1, -0.05) is 0 Å². The van der Waals surface area contributed by atoms with Crippen molar-refractivity contribution in [2.75, 3.05) is 32.8 Å². The highest BCUT2D eigenvalue weighted by Gasteiger charge is 2.52. The molecule has 0 aliphatic carbocycles. The molecule has 0 radical (unpaired) electrons. The van der Waals surface area contributed by atoms with E-state index in [4.69, 9.17) is 4.74 Å². The molecule has 3 nitrogen and oxygen atoms in total. The van der Waals surface area contributed by atoms with Crippen LogP contribution in [0.2, 0.25) is 0 Å². The summed E-state index contributed by atoms with van der Waals surface area (Å²) in [5.41, 5.74) is 0.548. The topological polar surface area (TPSA) is 15.7 Å². The number of rotatable bonds is 2. The molecule has 98 valence electrons. The van der Waals surface area contributed by atoms with E-state index in [-0.39, 0.29) is 0 Å². The van der Waals surface area contributed by atoms with Crippen LogP contribution in [0.4, 0.5) is 0 Å². The molecule has 0 aromatic heterocycles. The first-order chi connectivity index (χ1) is 8.21. The van der Waals surface area contributed by atoms with Crippen LogP contribution in [0, 0.1) is 0 Å². The van der Waals surface area contributed by atoms with Crippen LogP contribution in [-0.2, 0) is 4.74 Å². The molecule has 3 aliphatic heterocycles. The number of ether oxygens (including phenoxy) is 1. The van der Waals surface area contributed by atoms with Gasteiger partial charge in [-0.05, 0) is 46.1 Å². The van der Waals surface area contributed by atoms with Crippen LogP contribution < -0.4 is 0 Å². The Bertz CT molecular complexity index is 267. The summed E-state index contributed by atoms with van der Waals surface area (Å²) < 4.78 is 5.50. The van der Waals surface area contributed by atoms with Gasteiger partial charge in [-0.3, -0.25) is 9.80 Å². The Kier molecular flexibility index (Phi) is 3.18. The zero-order chi connectivity index (χ0) is 11.9. The van der Waals surface area contributed by atoms with Crippen LogP contribution in [-0.4, -0.2) is 60.3 Å². The second kappa shape index (κ2) is 4.52. The maximum atomic E-state index is 5.50. The third-order valence-electron chi connectivity index (χ3n) is 5.01. The van der Waals surface area contributed by atoms with Crippen LogP contribution in [0.1, 0.15) is 39.5 Å². The number of hydrogen-bond acceptors (Lipinski definition) is 3. The van der Waals surface area contributed by atoms with E-state index < -0.39 is 0 Å². The number of likely N-dealkylation sites (tertiary alicyclic amines) is 2.